The summed E-state index contributed by atoms with van der Waals surface area (Å²) in [4.78, 5) is 24.0. The molecule has 0 radical (unpaired) electrons. The Morgan fingerprint density at radius 2 is 1.63 bits per heavy atom. The van der Waals surface area contributed by atoms with Crippen molar-refractivity contribution in [3.63, 3.8) is 0 Å². The Labute approximate surface area is 158 Å². The summed E-state index contributed by atoms with van der Waals surface area (Å²) in [6.45, 7) is 2.51. The zero-order chi connectivity index (χ0) is 19.1. The third kappa shape index (κ3) is 4.85. The van der Waals surface area contributed by atoms with Gasteiger partial charge in [-0.3, -0.25) is 9.59 Å². The van der Waals surface area contributed by atoms with Crippen molar-refractivity contribution in [2.24, 2.45) is 0 Å². The lowest BCUT2D eigenvalue weighted by molar-refractivity contribution is -0.120. The molecule has 0 aliphatic heterocycles. The van der Waals surface area contributed by atoms with E-state index in [0.29, 0.717) is 18.7 Å². The summed E-state index contributed by atoms with van der Waals surface area (Å²) in [6, 6.07) is 21.1. The molecular weight excluding hydrogens is 340 g/mol. The van der Waals surface area contributed by atoms with Crippen molar-refractivity contribution in [1.82, 2.24) is 10.6 Å². The minimum Gasteiger partial charge on any atom is -0.491 e. The summed E-state index contributed by atoms with van der Waals surface area (Å²) in [6.07, 6.45) is 0. The van der Waals surface area contributed by atoms with Crippen molar-refractivity contribution >= 4 is 22.6 Å². The minimum atomic E-state index is -0.254. The number of carbonyl (C=O) groups is 2. The van der Waals surface area contributed by atoms with Crippen LogP contribution in [0.2, 0.25) is 0 Å². The molecule has 0 unspecified atom stereocenters. The second kappa shape index (κ2) is 8.85. The Kier molecular flexibility index (Phi) is 6.05. The smallest absolute Gasteiger partial charge is 0.251 e. The number of fused-ring (bicyclic) bond motifs is 1. The van der Waals surface area contributed by atoms with Crippen molar-refractivity contribution < 1.29 is 14.3 Å². The molecule has 0 fully saturated rings. The molecule has 0 heterocycles. The number of aryl methyl sites for hydroxylation is 1. The topological polar surface area (TPSA) is 67.4 Å². The second-order valence-electron chi connectivity index (χ2n) is 6.17. The van der Waals surface area contributed by atoms with Crippen LogP contribution < -0.4 is 15.4 Å². The van der Waals surface area contributed by atoms with Gasteiger partial charge >= 0.3 is 0 Å². The van der Waals surface area contributed by atoms with E-state index in [1.165, 1.54) is 0 Å². The van der Waals surface area contributed by atoms with E-state index in [2.05, 4.69) is 10.6 Å². The number of amides is 2. The highest BCUT2D eigenvalue weighted by atomic mass is 16.5. The Balaban J connectivity index is 1.42. The Morgan fingerprint density at radius 3 is 2.48 bits per heavy atom. The van der Waals surface area contributed by atoms with Crippen molar-refractivity contribution in [2.45, 2.75) is 6.92 Å². The fraction of sp³-hybridized carbons (Fsp3) is 0.182. The largest absolute Gasteiger partial charge is 0.491 e. The fourth-order valence-corrected chi connectivity index (χ4v) is 2.82. The fourth-order valence-electron chi connectivity index (χ4n) is 2.82. The second-order valence-corrected chi connectivity index (χ2v) is 6.17. The van der Waals surface area contributed by atoms with Crippen molar-refractivity contribution in [1.29, 1.82) is 0 Å². The van der Waals surface area contributed by atoms with E-state index in [1.807, 2.05) is 61.5 Å². The van der Waals surface area contributed by atoms with Gasteiger partial charge < -0.3 is 15.4 Å². The van der Waals surface area contributed by atoms with Gasteiger partial charge in [0.2, 0.25) is 5.91 Å². The molecular formula is C22H22N2O3. The molecule has 0 aliphatic carbocycles. The standard InChI is InChI=1S/C22H22N2O3/c1-16-7-2-4-10-18(16)22(26)24-15-21(25)23-13-14-27-20-12-6-9-17-8-3-5-11-19(17)20/h2-12H,13-15H2,1H3,(H,23,25)(H,24,26). The molecule has 138 valence electrons. The molecule has 0 bridgehead atoms. The maximum atomic E-state index is 12.1. The third-order valence-corrected chi connectivity index (χ3v) is 4.23. The first-order chi connectivity index (χ1) is 13.1. The predicted octanol–water partition coefficient (Wildman–Crippen LogP) is 3.07. The predicted molar refractivity (Wildman–Crippen MR) is 106 cm³/mol. The number of hydrogen-bond acceptors (Lipinski definition) is 3. The number of benzene rings is 3. The number of carbonyl (C=O) groups excluding carboxylic acids is 2. The van der Waals surface area contributed by atoms with E-state index >= 15 is 0 Å². The van der Waals surface area contributed by atoms with Gasteiger partial charge in [-0.1, -0.05) is 54.6 Å². The molecule has 5 heteroatoms. The van der Waals surface area contributed by atoms with E-state index in [1.54, 1.807) is 12.1 Å². The van der Waals surface area contributed by atoms with Crippen LogP contribution in [-0.4, -0.2) is 31.5 Å². The highest BCUT2D eigenvalue weighted by Gasteiger charge is 2.09. The van der Waals surface area contributed by atoms with Gasteiger partial charge in [-0.05, 0) is 30.0 Å². The number of hydrogen-bond donors (Lipinski definition) is 2. The Hall–Kier alpha value is -3.34. The maximum Gasteiger partial charge on any atom is 0.251 e. The van der Waals surface area contributed by atoms with Crippen LogP contribution in [0.4, 0.5) is 0 Å². The van der Waals surface area contributed by atoms with Gasteiger partial charge in [-0.25, -0.2) is 0 Å². The van der Waals surface area contributed by atoms with Crippen LogP contribution in [0, 0.1) is 6.92 Å². The normalized spacial score (nSPS) is 10.4. The summed E-state index contributed by atoms with van der Waals surface area (Å²) < 4.78 is 5.78. The van der Waals surface area contributed by atoms with E-state index in [0.717, 1.165) is 22.1 Å². The van der Waals surface area contributed by atoms with Gasteiger partial charge in [-0.2, -0.15) is 0 Å². The van der Waals surface area contributed by atoms with Crippen LogP contribution in [0.1, 0.15) is 15.9 Å². The number of nitrogens with one attached hydrogen (secondary N) is 2. The van der Waals surface area contributed by atoms with Crippen LogP contribution in [0.15, 0.2) is 66.7 Å². The lowest BCUT2D eigenvalue weighted by atomic mass is 10.1. The van der Waals surface area contributed by atoms with E-state index in [9.17, 15) is 9.59 Å². The monoisotopic (exact) mass is 362 g/mol. The molecule has 0 aliphatic rings. The van der Waals surface area contributed by atoms with Crippen LogP contribution in [0.3, 0.4) is 0 Å². The van der Waals surface area contributed by atoms with Crippen molar-refractivity contribution in [2.75, 3.05) is 19.7 Å². The zero-order valence-corrected chi connectivity index (χ0v) is 15.2. The molecule has 0 spiro atoms. The van der Waals surface area contributed by atoms with E-state index in [-0.39, 0.29) is 18.4 Å². The van der Waals surface area contributed by atoms with Gasteiger partial charge in [0.15, 0.2) is 0 Å². The minimum absolute atomic E-state index is 0.0680. The molecule has 5 nitrogen and oxygen atoms in total. The first-order valence-corrected chi connectivity index (χ1v) is 8.86. The third-order valence-electron chi connectivity index (χ3n) is 4.23. The van der Waals surface area contributed by atoms with Crippen LogP contribution in [-0.2, 0) is 4.79 Å². The highest BCUT2D eigenvalue weighted by Crippen LogP contribution is 2.24. The number of ether oxygens (including phenoxy) is 1. The molecule has 0 aromatic heterocycles. The van der Waals surface area contributed by atoms with Gasteiger partial charge in [0.25, 0.3) is 5.91 Å². The van der Waals surface area contributed by atoms with E-state index in [4.69, 9.17) is 4.74 Å². The summed E-state index contributed by atoms with van der Waals surface area (Å²) in [7, 11) is 0. The van der Waals surface area contributed by atoms with Crippen molar-refractivity contribution in [3.05, 3.63) is 77.9 Å². The molecule has 3 aromatic rings. The lowest BCUT2D eigenvalue weighted by Gasteiger charge is -2.11. The van der Waals surface area contributed by atoms with E-state index < -0.39 is 0 Å². The lowest BCUT2D eigenvalue weighted by Crippen LogP contribution is -2.38. The number of rotatable bonds is 7. The first kappa shape index (κ1) is 18.5. The van der Waals surface area contributed by atoms with Gasteiger partial charge in [0.1, 0.15) is 12.4 Å². The molecule has 0 saturated heterocycles. The molecule has 3 aromatic carbocycles. The average molecular weight is 362 g/mol. The highest BCUT2D eigenvalue weighted by molar-refractivity contribution is 5.97. The van der Waals surface area contributed by atoms with Crippen molar-refractivity contribution in [3.8, 4) is 5.75 Å². The van der Waals surface area contributed by atoms with Gasteiger partial charge in [-0.15, -0.1) is 0 Å². The Morgan fingerprint density at radius 1 is 0.889 bits per heavy atom. The van der Waals surface area contributed by atoms with Crippen LogP contribution in [0.5, 0.6) is 5.75 Å². The first-order valence-electron chi connectivity index (χ1n) is 8.86. The van der Waals surface area contributed by atoms with Gasteiger partial charge in [0, 0.05) is 10.9 Å². The summed E-state index contributed by atoms with van der Waals surface area (Å²) in [5.41, 5.74) is 1.45. The SMILES string of the molecule is Cc1ccccc1C(=O)NCC(=O)NCCOc1cccc2ccccc12. The summed E-state index contributed by atoms with van der Waals surface area (Å²) >= 11 is 0. The summed E-state index contributed by atoms with van der Waals surface area (Å²) in [5, 5.41) is 7.52. The quantitative estimate of drug-likeness (QED) is 0.635. The van der Waals surface area contributed by atoms with Crippen LogP contribution >= 0.6 is 0 Å². The Bertz CT molecular complexity index is 948. The molecule has 2 N–H and O–H groups in total. The molecule has 0 saturated carbocycles. The molecule has 3 rings (SSSR count). The van der Waals surface area contributed by atoms with Crippen LogP contribution in [0.25, 0.3) is 10.8 Å². The molecule has 2 amide bonds. The van der Waals surface area contributed by atoms with Gasteiger partial charge in [0.05, 0.1) is 13.1 Å². The zero-order valence-electron chi connectivity index (χ0n) is 15.2. The maximum absolute atomic E-state index is 12.1. The average Bonchev–Trinajstić information content (AvgIpc) is 2.70. The summed E-state index contributed by atoms with van der Waals surface area (Å²) in [5.74, 6) is 0.281. The molecule has 0 atom stereocenters. The molecule has 27 heavy (non-hydrogen) atoms.